The number of nitrogens with zero attached hydrogens (tertiary/aromatic N) is 1. The van der Waals surface area contributed by atoms with Crippen LogP contribution in [0.1, 0.15) is 72.1 Å². The van der Waals surface area contributed by atoms with E-state index in [0.29, 0.717) is 17.9 Å². The average Bonchev–Trinajstić information content (AvgIpc) is 3.00. The Balaban J connectivity index is 1.98. The minimum absolute atomic E-state index is 0.0145. The molecule has 0 fully saturated rings. The molecule has 0 radical (unpaired) electrons. The summed E-state index contributed by atoms with van der Waals surface area (Å²) in [6.07, 6.45) is 0.584. The summed E-state index contributed by atoms with van der Waals surface area (Å²) in [6, 6.07) is 7.99. The first-order valence-electron chi connectivity index (χ1n) is 11.1. The molecule has 0 bridgehead atoms. The van der Waals surface area contributed by atoms with Gasteiger partial charge in [0.1, 0.15) is 29.5 Å². The van der Waals surface area contributed by atoms with Gasteiger partial charge in [0, 0.05) is 42.2 Å². The number of nitro benzene ring substituents is 1. The minimum Gasteiger partial charge on any atom is -0.489 e. The van der Waals surface area contributed by atoms with Crippen LogP contribution < -0.4 is 14.2 Å². The number of hydrogen-bond acceptors (Lipinski definition) is 6. The molecule has 0 N–H and O–H groups in total. The van der Waals surface area contributed by atoms with Crippen LogP contribution in [0.4, 0.5) is 5.69 Å². The standard InChI is InChI=1S/C26H33NO6/c1-16(28)32-23-20(24(2,3)4)13-21-19(22(23)25(5,6)7)14-26(8,33-21)15-31-18-11-9-17(10-12-18)27(29)30/h9-13H,14-15H2,1-8H3. The van der Waals surface area contributed by atoms with E-state index in [-0.39, 0.29) is 29.1 Å². The van der Waals surface area contributed by atoms with E-state index in [9.17, 15) is 14.9 Å². The number of hydrogen-bond donors (Lipinski definition) is 0. The van der Waals surface area contributed by atoms with Gasteiger partial charge in [0.05, 0.1) is 4.92 Å². The van der Waals surface area contributed by atoms with Gasteiger partial charge in [0.2, 0.25) is 0 Å². The lowest BCUT2D eigenvalue weighted by atomic mass is 9.76. The molecule has 33 heavy (non-hydrogen) atoms. The van der Waals surface area contributed by atoms with Gasteiger partial charge in [0.15, 0.2) is 0 Å². The van der Waals surface area contributed by atoms with Crippen LogP contribution in [-0.4, -0.2) is 23.1 Å². The molecular formula is C26H33NO6. The number of ether oxygens (including phenoxy) is 3. The summed E-state index contributed by atoms with van der Waals surface area (Å²) in [5.74, 6) is 1.57. The van der Waals surface area contributed by atoms with Crippen LogP contribution in [0.25, 0.3) is 0 Å². The molecule has 178 valence electrons. The number of esters is 1. The SMILES string of the molecule is CC(=O)Oc1c(C(C)(C)C)cc2c(c1C(C)(C)C)CC(C)(COc1ccc([N+](=O)[O-])cc1)O2. The van der Waals surface area contributed by atoms with Crippen molar-refractivity contribution in [2.24, 2.45) is 0 Å². The number of carbonyl (C=O) groups excluding carboxylic acids is 1. The number of benzene rings is 2. The fraction of sp³-hybridized carbons (Fsp3) is 0.500. The van der Waals surface area contributed by atoms with Gasteiger partial charge in [-0.05, 0) is 36.0 Å². The second-order valence-corrected chi connectivity index (χ2v) is 11.0. The van der Waals surface area contributed by atoms with Gasteiger partial charge in [-0.2, -0.15) is 0 Å². The highest BCUT2D eigenvalue weighted by atomic mass is 16.6. The van der Waals surface area contributed by atoms with Crippen molar-refractivity contribution in [3.8, 4) is 17.2 Å². The lowest BCUT2D eigenvalue weighted by Gasteiger charge is -2.30. The molecule has 7 heteroatoms. The van der Waals surface area contributed by atoms with E-state index < -0.39 is 10.5 Å². The smallest absolute Gasteiger partial charge is 0.308 e. The summed E-state index contributed by atoms with van der Waals surface area (Å²) in [4.78, 5) is 22.4. The van der Waals surface area contributed by atoms with E-state index in [1.54, 1.807) is 12.1 Å². The molecule has 0 aromatic heterocycles. The molecule has 1 aliphatic rings. The van der Waals surface area contributed by atoms with Crippen molar-refractivity contribution in [2.45, 2.75) is 78.2 Å². The van der Waals surface area contributed by atoms with Crippen molar-refractivity contribution in [2.75, 3.05) is 6.61 Å². The van der Waals surface area contributed by atoms with E-state index in [4.69, 9.17) is 14.2 Å². The van der Waals surface area contributed by atoms with E-state index in [1.807, 2.05) is 13.0 Å². The first-order chi connectivity index (χ1) is 15.1. The van der Waals surface area contributed by atoms with E-state index in [2.05, 4.69) is 41.5 Å². The molecule has 1 aliphatic heterocycles. The molecule has 2 aromatic carbocycles. The third-order valence-electron chi connectivity index (χ3n) is 5.65. The summed E-state index contributed by atoms with van der Waals surface area (Å²) >= 11 is 0. The van der Waals surface area contributed by atoms with Gasteiger partial charge in [-0.15, -0.1) is 0 Å². The van der Waals surface area contributed by atoms with Crippen LogP contribution in [0, 0.1) is 10.1 Å². The lowest BCUT2D eigenvalue weighted by Crippen LogP contribution is -2.37. The predicted molar refractivity (Wildman–Crippen MR) is 126 cm³/mol. The maximum Gasteiger partial charge on any atom is 0.308 e. The van der Waals surface area contributed by atoms with Gasteiger partial charge in [-0.25, -0.2) is 0 Å². The number of carbonyl (C=O) groups is 1. The number of nitro groups is 1. The molecule has 7 nitrogen and oxygen atoms in total. The quantitative estimate of drug-likeness (QED) is 0.242. The Kier molecular flexibility index (Phi) is 6.22. The molecule has 0 amide bonds. The Morgan fingerprint density at radius 2 is 1.73 bits per heavy atom. The summed E-state index contributed by atoms with van der Waals surface area (Å²) < 4.78 is 18.2. The zero-order valence-electron chi connectivity index (χ0n) is 20.7. The molecule has 0 saturated heterocycles. The Morgan fingerprint density at radius 1 is 1.12 bits per heavy atom. The topological polar surface area (TPSA) is 87.9 Å². The van der Waals surface area contributed by atoms with Crippen LogP contribution in [-0.2, 0) is 22.0 Å². The first kappa shape index (κ1) is 24.6. The number of rotatable bonds is 5. The molecule has 1 unspecified atom stereocenters. The fourth-order valence-electron chi connectivity index (χ4n) is 4.20. The monoisotopic (exact) mass is 455 g/mol. The molecule has 3 rings (SSSR count). The highest BCUT2D eigenvalue weighted by Crippen LogP contribution is 2.50. The normalized spacial score (nSPS) is 17.8. The molecule has 2 aromatic rings. The number of fused-ring (bicyclic) bond motifs is 1. The van der Waals surface area contributed by atoms with E-state index in [0.717, 1.165) is 22.4 Å². The molecule has 0 aliphatic carbocycles. The third-order valence-corrected chi connectivity index (χ3v) is 5.65. The van der Waals surface area contributed by atoms with Crippen LogP contribution >= 0.6 is 0 Å². The first-order valence-corrected chi connectivity index (χ1v) is 11.1. The molecule has 0 saturated carbocycles. The fourth-order valence-corrected chi connectivity index (χ4v) is 4.20. The van der Waals surface area contributed by atoms with Crippen molar-refractivity contribution in [3.05, 3.63) is 57.1 Å². The van der Waals surface area contributed by atoms with Crippen molar-refractivity contribution in [1.82, 2.24) is 0 Å². The van der Waals surface area contributed by atoms with Gasteiger partial charge in [-0.3, -0.25) is 14.9 Å². The second-order valence-electron chi connectivity index (χ2n) is 11.0. The molecule has 1 atom stereocenters. The second kappa shape index (κ2) is 8.36. The number of non-ortho nitro benzene ring substituents is 1. The van der Waals surface area contributed by atoms with Crippen molar-refractivity contribution in [3.63, 3.8) is 0 Å². The van der Waals surface area contributed by atoms with Crippen LogP contribution in [0.5, 0.6) is 17.2 Å². The molecular weight excluding hydrogens is 422 g/mol. The summed E-state index contributed by atoms with van der Waals surface area (Å²) in [6.45, 7) is 16.2. The molecule has 0 spiro atoms. The van der Waals surface area contributed by atoms with Crippen molar-refractivity contribution in [1.29, 1.82) is 0 Å². The highest BCUT2D eigenvalue weighted by molar-refractivity contribution is 5.73. The van der Waals surface area contributed by atoms with Gasteiger partial charge in [-0.1, -0.05) is 41.5 Å². The summed E-state index contributed by atoms with van der Waals surface area (Å²) in [5.41, 5.74) is 1.72. The summed E-state index contributed by atoms with van der Waals surface area (Å²) in [5, 5.41) is 10.9. The predicted octanol–water partition coefficient (Wildman–Crippen LogP) is 5.89. The Labute approximate surface area is 195 Å². The minimum atomic E-state index is -0.645. The van der Waals surface area contributed by atoms with Gasteiger partial charge in [0.25, 0.3) is 5.69 Å². The van der Waals surface area contributed by atoms with Gasteiger partial charge < -0.3 is 14.2 Å². The third kappa shape index (κ3) is 5.29. The lowest BCUT2D eigenvalue weighted by molar-refractivity contribution is -0.384. The average molecular weight is 456 g/mol. The Hall–Kier alpha value is -3.09. The highest BCUT2D eigenvalue weighted by Gasteiger charge is 2.42. The van der Waals surface area contributed by atoms with Crippen LogP contribution in [0.3, 0.4) is 0 Å². The van der Waals surface area contributed by atoms with E-state index in [1.165, 1.54) is 19.1 Å². The zero-order chi connectivity index (χ0) is 24.8. The maximum atomic E-state index is 12.0. The summed E-state index contributed by atoms with van der Waals surface area (Å²) in [7, 11) is 0. The largest absolute Gasteiger partial charge is 0.489 e. The Bertz CT molecular complexity index is 1080. The van der Waals surface area contributed by atoms with Crippen molar-refractivity contribution < 1.29 is 23.9 Å². The maximum absolute atomic E-state index is 12.0. The Morgan fingerprint density at radius 3 is 2.21 bits per heavy atom. The van der Waals surface area contributed by atoms with Crippen LogP contribution in [0.15, 0.2) is 30.3 Å². The van der Waals surface area contributed by atoms with Crippen molar-refractivity contribution >= 4 is 11.7 Å². The van der Waals surface area contributed by atoms with E-state index >= 15 is 0 Å². The van der Waals surface area contributed by atoms with Gasteiger partial charge >= 0.3 is 5.97 Å². The zero-order valence-corrected chi connectivity index (χ0v) is 20.7. The molecule has 1 heterocycles. The van der Waals surface area contributed by atoms with Crippen LogP contribution in [0.2, 0.25) is 0 Å².